The van der Waals surface area contributed by atoms with E-state index in [1.54, 1.807) is 0 Å². The number of rotatable bonds is 2. The highest BCUT2D eigenvalue weighted by atomic mass is 14.5. The van der Waals surface area contributed by atoms with E-state index in [2.05, 4.69) is 61.0 Å². The van der Waals surface area contributed by atoms with Gasteiger partial charge in [0.25, 0.3) is 0 Å². The van der Waals surface area contributed by atoms with Crippen molar-refractivity contribution in [2.75, 3.05) is 0 Å². The first-order chi connectivity index (χ1) is 7.16. The highest BCUT2D eigenvalue weighted by molar-refractivity contribution is 5.54. The molecular weight excluding hydrogens is 192 g/mol. The van der Waals surface area contributed by atoms with E-state index in [4.69, 9.17) is 0 Å². The monoisotopic (exact) mass is 217 g/mol. The summed E-state index contributed by atoms with van der Waals surface area (Å²) in [6.45, 7) is 17.5. The van der Waals surface area contributed by atoms with Gasteiger partial charge in [0.05, 0.1) is 0 Å². The predicted molar refractivity (Wildman–Crippen MR) is 72.1 cm³/mol. The molecule has 0 spiro atoms. The van der Waals surface area contributed by atoms with Crippen LogP contribution in [0.5, 0.6) is 0 Å². The molecule has 0 N–H and O–H groups in total. The number of allylic oxidation sites excluding steroid dienone is 1. The lowest BCUT2D eigenvalue weighted by Crippen LogP contribution is -2.21. The van der Waals surface area contributed by atoms with Crippen molar-refractivity contribution in [3.63, 3.8) is 0 Å². The highest BCUT2D eigenvalue weighted by Gasteiger charge is 2.45. The van der Waals surface area contributed by atoms with Crippen molar-refractivity contribution < 1.29 is 0 Å². The number of hydrogen-bond donors (Lipinski definition) is 0. The Kier molecular flexibility index (Phi) is 3.92. The van der Waals surface area contributed by atoms with Gasteiger partial charge in [0.1, 0.15) is 0 Å². The van der Waals surface area contributed by atoms with Crippen LogP contribution in [-0.4, -0.2) is 0 Å². The molecule has 0 aromatic rings. The zero-order valence-electron chi connectivity index (χ0n) is 11.6. The van der Waals surface area contributed by atoms with Crippen LogP contribution < -0.4 is 0 Å². The Balaban J connectivity index is 2.80. The summed E-state index contributed by atoms with van der Waals surface area (Å²) in [5.41, 5.74) is 0.460. The molecule has 0 atom stereocenters. The predicted octanol–water partition coefficient (Wildman–Crippen LogP) is 4.80. The minimum atomic E-state index is 0.224. The summed E-state index contributed by atoms with van der Waals surface area (Å²) < 4.78 is 0. The normalized spacial score (nSPS) is 21.6. The summed E-state index contributed by atoms with van der Waals surface area (Å²) in [5.74, 6) is 4.35. The van der Waals surface area contributed by atoms with E-state index in [0.717, 1.165) is 6.42 Å². The second kappa shape index (κ2) is 4.55. The number of hydrogen-bond acceptors (Lipinski definition) is 0. The molecular formula is C16H25. The Morgan fingerprint density at radius 2 is 1.56 bits per heavy atom. The van der Waals surface area contributed by atoms with Gasteiger partial charge in [-0.1, -0.05) is 47.6 Å². The van der Waals surface area contributed by atoms with E-state index >= 15 is 0 Å². The molecule has 0 saturated heterocycles. The summed E-state index contributed by atoms with van der Waals surface area (Å²) in [7, 11) is 0. The van der Waals surface area contributed by atoms with Gasteiger partial charge >= 0.3 is 0 Å². The van der Waals surface area contributed by atoms with Crippen LogP contribution in [0.3, 0.4) is 0 Å². The first-order valence-electron chi connectivity index (χ1n) is 6.07. The minimum absolute atomic E-state index is 0.224. The maximum absolute atomic E-state index is 3.85. The standard InChI is InChI=1S/C16H25/c1-8-9-12-10-13(15(2,3)4)11-14(12)16(5,6)7/h8,10-11H,1,9H2,2-7H3. The van der Waals surface area contributed by atoms with Crippen LogP contribution in [0.2, 0.25) is 0 Å². The molecule has 0 unspecified atom stereocenters. The second-order valence-corrected chi connectivity index (χ2v) is 6.68. The fourth-order valence-electron chi connectivity index (χ4n) is 2.01. The third-order valence-corrected chi connectivity index (χ3v) is 3.01. The molecule has 0 heteroatoms. The zero-order chi connectivity index (χ0) is 12.6. The Morgan fingerprint density at radius 3 is 1.94 bits per heavy atom. The second-order valence-electron chi connectivity index (χ2n) is 6.68. The highest BCUT2D eigenvalue weighted by Crippen LogP contribution is 2.54. The molecule has 89 valence electrons. The van der Waals surface area contributed by atoms with Crippen molar-refractivity contribution in [2.45, 2.75) is 48.0 Å². The van der Waals surface area contributed by atoms with Crippen LogP contribution in [0, 0.1) is 41.4 Å². The van der Waals surface area contributed by atoms with Gasteiger partial charge in [0.15, 0.2) is 0 Å². The topological polar surface area (TPSA) is 0 Å². The molecule has 1 saturated carbocycles. The maximum atomic E-state index is 3.85. The summed E-state index contributed by atoms with van der Waals surface area (Å²) in [4.78, 5) is 0. The average molecular weight is 217 g/mol. The molecule has 1 rings (SSSR count). The zero-order valence-corrected chi connectivity index (χ0v) is 11.6. The molecule has 0 aliphatic heterocycles. The minimum Gasteiger partial charge on any atom is -0.103 e. The van der Waals surface area contributed by atoms with E-state index < -0.39 is 0 Å². The fraction of sp³-hybridized carbons (Fsp3) is 0.562. The SMILES string of the molecule is C=CC[C]1[CH][C](C(C)(C)C)[CH][C]1C(C)(C)C. The van der Waals surface area contributed by atoms with Crippen LogP contribution in [0.4, 0.5) is 0 Å². The van der Waals surface area contributed by atoms with Gasteiger partial charge in [-0.25, -0.2) is 0 Å². The fourth-order valence-corrected chi connectivity index (χ4v) is 2.01. The first kappa shape index (κ1) is 13.8. The van der Waals surface area contributed by atoms with E-state index in [0.29, 0.717) is 0 Å². The van der Waals surface area contributed by atoms with Gasteiger partial charge in [0, 0.05) is 0 Å². The molecule has 1 aliphatic rings. The summed E-state index contributed by atoms with van der Waals surface area (Å²) in [6.07, 6.45) is 7.70. The van der Waals surface area contributed by atoms with Gasteiger partial charge in [-0.15, -0.1) is 6.58 Å². The van der Waals surface area contributed by atoms with Gasteiger partial charge in [-0.05, 0) is 47.8 Å². The molecule has 0 aromatic heterocycles. The third kappa shape index (κ3) is 3.12. The molecule has 5 radical (unpaired) electrons. The lowest BCUT2D eigenvalue weighted by molar-refractivity contribution is 0.432. The van der Waals surface area contributed by atoms with Crippen LogP contribution in [0.1, 0.15) is 48.0 Å². The van der Waals surface area contributed by atoms with E-state index in [-0.39, 0.29) is 10.8 Å². The molecule has 1 aliphatic carbocycles. The Hall–Kier alpha value is -0.260. The molecule has 0 nitrogen and oxygen atoms in total. The van der Waals surface area contributed by atoms with Crippen molar-refractivity contribution in [1.82, 2.24) is 0 Å². The van der Waals surface area contributed by atoms with E-state index in [1.807, 2.05) is 6.08 Å². The van der Waals surface area contributed by atoms with E-state index in [1.165, 1.54) is 17.8 Å². The molecule has 0 bridgehead atoms. The molecule has 1 fully saturated rings. The molecule has 0 amide bonds. The third-order valence-electron chi connectivity index (χ3n) is 3.01. The average Bonchev–Trinajstić information content (AvgIpc) is 2.46. The van der Waals surface area contributed by atoms with Crippen molar-refractivity contribution in [3.05, 3.63) is 43.3 Å². The van der Waals surface area contributed by atoms with Crippen LogP contribution in [0.15, 0.2) is 12.7 Å². The largest absolute Gasteiger partial charge is 0.103 e. The van der Waals surface area contributed by atoms with Crippen LogP contribution >= 0.6 is 0 Å². The van der Waals surface area contributed by atoms with Gasteiger partial charge in [-0.2, -0.15) is 0 Å². The molecule has 16 heavy (non-hydrogen) atoms. The Bertz CT molecular complexity index is 236. The van der Waals surface area contributed by atoms with Crippen molar-refractivity contribution >= 4 is 0 Å². The van der Waals surface area contributed by atoms with Crippen LogP contribution in [0.25, 0.3) is 0 Å². The van der Waals surface area contributed by atoms with Crippen molar-refractivity contribution in [3.8, 4) is 0 Å². The first-order valence-corrected chi connectivity index (χ1v) is 6.07. The lowest BCUT2D eigenvalue weighted by Gasteiger charge is -2.31. The summed E-state index contributed by atoms with van der Waals surface area (Å²) in [5, 5.41) is 0. The van der Waals surface area contributed by atoms with Gasteiger partial charge in [0.2, 0.25) is 0 Å². The molecule has 0 heterocycles. The smallest absolute Gasteiger partial charge is 0.00734 e. The maximum Gasteiger partial charge on any atom is -0.00734 e. The lowest BCUT2D eigenvalue weighted by atomic mass is 9.73. The Labute approximate surface area is 103 Å². The van der Waals surface area contributed by atoms with Crippen molar-refractivity contribution in [2.24, 2.45) is 10.8 Å². The summed E-state index contributed by atoms with van der Waals surface area (Å²) in [6, 6.07) is 0. The Morgan fingerprint density at radius 1 is 1.00 bits per heavy atom. The van der Waals surface area contributed by atoms with Crippen molar-refractivity contribution in [1.29, 1.82) is 0 Å². The molecule has 0 aromatic carbocycles. The quantitative estimate of drug-likeness (QED) is 0.583. The van der Waals surface area contributed by atoms with Gasteiger partial charge in [-0.3, -0.25) is 0 Å². The van der Waals surface area contributed by atoms with Gasteiger partial charge < -0.3 is 0 Å². The van der Waals surface area contributed by atoms with Crippen LogP contribution in [-0.2, 0) is 0 Å². The van der Waals surface area contributed by atoms with E-state index in [9.17, 15) is 0 Å². The summed E-state index contributed by atoms with van der Waals surface area (Å²) >= 11 is 0.